The van der Waals surface area contributed by atoms with E-state index in [1.165, 1.54) is 16.4 Å². The molecule has 1 N–H and O–H groups in total. The molecule has 30 heavy (non-hydrogen) atoms. The second kappa shape index (κ2) is 9.11. The van der Waals surface area contributed by atoms with Crippen molar-refractivity contribution in [3.8, 4) is 11.3 Å². The zero-order chi connectivity index (χ0) is 21.0. The van der Waals surface area contributed by atoms with Gasteiger partial charge in [0, 0.05) is 42.3 Å². The van der Waals surface area contributed by atoms with Gasteiger partial charge in [-0.05, 0) is 54.6 Å². The standard InChI is InChI=1S/C21H24N4O3S2/c26-21(22-10-14-24-13-8-20(23-24)18-9-15-29-16-18)17-4-6-19(7-5-17)30(27,28)25-11-2-1-3-12-25/h4-9,13,15-16H,1-3,10-12,14H2,(H,22,26). The number of piperidine rings is 1. The summed E-state index contributed by atoms with van der Waals surface area (Å²) < 4.78 is 28.7. The summed E-state index contributed by atoms with van der Waals surface area (Å²) >= 11 is 1.63. The van der Waals surface area contributed by atoms with Crippen molar-refractivity contribution in [2.45, 2.75) is 30.7 Å². The van der Waals surface area contributed by atoms with Gasteiger partial charge in [-0.1, -0.05) is 6.42 Å². The lowest BCUT2D eigenvalue weighted by Gasteiger charge is -2.25. The second-order valence-corrected chi connectivity index (χ2v) is 9.94. The van der Waals surface area contributed by atoms with Gasteiger partial charge >= 0.3 is 0 Å². The third-order valence-corrected chi connectivity index (χ3v) is 7.75. The molecule has 0 radical (unpaired) electrons. The summed E-state index contributed by atoms with van der Waals surface area (Å²) in [5.74, 6) is -0.234. The molecule has 9 heteroatoms. The minimum absolute atomic E-state index is 0.234. The molecule has 0 bridgehead atoms. The zero-order valence-corrected chi connectivity index (χ0v) is 18.2. The Bertz CT molecular complexity index is 1080. The quantitative estimate of drug-likeness (QED) is 0.606. The number of rotatable bonds is 7. The number of hydrogen-bond acceptors (Lipinski definition) is 5. The van der Waals surface area contributed by atoms with Crippen molar-refractivity contribution >= 4 is 27.3 Å². The van der Waals surface area contributed by atoms with Crippen molar-refractivity contribution in [2.75, 3.05) is 19.6 Å². The van der Waals surface area contributed by atoms with Crippen LogP contribution >= 0.6 is 11.3 Å². The van der Waals surface area contributed by atoms with Crippen molar-refractivity contribution in [1.29, 1.82) is 0 Å². The number of benzene rings is 1. The van der Waals surface area contributed by atoms with E-state index < -0.39 is 10.0 Å². The van der Waals surface area contributed by atoms with Crippen LogP contribution in [-0.2, 0) is 16.6 Å². The van der Waals surface area contributed by atoms with Gasteiger partial charge in [-0.2, -0.15) is 20.7 Å². The topological polar surface area (TPSA) is 84.3 Å². The molecule has 0 aliphatic carbocycles. The molecule has 0 atom stereocenters. The largest absolute Gasteiger partial charge is 0.350 e. The maximum absolute atomic E-state index is 12.7. The first kappa shape index (κ1) is 20.8. The summed E-state index contributed by atoms with van der Waals surface area (Å²) in [6, 6.07) is 10.1. The minimum Gasteiger partial charge on any atom is -0.350 e. The van der Waals surface area contributed by atoms with Gasteiger partial charge in [0.15, 0.2) is 0 Å². The van der Waals surface area contributed by atoms with Gasteiger partial charge in [0.2, 0.25) is 10.0 Å². The van der Waals surface area contributed by atoms with E-state index in [1.54, 1.807) is 28.2 Å². The van der Waals surface area contributed by atoms with Crippen molar-refractivity contribution in [3.05, 3.63) is 58.9 Å². The number of hydrogen-bond donors (Lipinski definition) is 1. The highest BCUT2D eigenvalue weighted by Crippen LogP contribution is 2.21. The number of carbonyl (C=O) groups excluding carboxylic acids is 1. The predicted molar refractivity (Wildman–Crippen MR) is 117 cm³/mol. The first-order chi connectivity index (χ1) is 14.5. The van der Waals surface area contributed by atoms with Crippen LogP contribution in [0.15, 0.2) is 58.3 Å². The van der Waals surface area contributed by atoms with Gasteiger partial charge in [-0.3, -0.25) is 9.48 Å². The van der Waals surface area contributed by atoms with Gasteiger partial charge in [0.25, 0.3) is 5.91 Å². The summed E-state index contributed by atoms with van der Waals surface area (Å²) in [5.41, 5.74) is 2.43. The lowest BCUT2D eigenvalue weighted by atomic mass is 10.2. The molecular weight excluding hydrogens is 420 g/mol. The molecular formula is C21H24N4O3S2. The molecule has 4 rings (SSSR count). The van der Waals surface area contributed by atoms with E-state index in [9.17, 15) is 13.2 Å². The van der Waals surface area contributed by atoms with Crippen LogP contribution in [0.25, 0.3) is 11.3 Å². The monoisotopic (exact) mass is 444 g/mol. The van der Waals surface area contributed by atoms with Gasteiger partial charge in [-0.15, -0.1) is 0 Å². The van der Waals surface area contributed by atoms with Gasteiger partial charge in [-0.25, -0.2) is 8.42 Å². The molecule has 1 aliphatic rings. The number of thiophene rings is 1. The number of nitrogens with zero attached hydrogens (tertiary/aromatic N) is 3. The van der Waals surface area contributed by atoms with Crippen molar-refractivity contribution < 1.29 is 13.2 Å². The first-order valence-corrected chi connectivity index (χ1v) is 12.4. The Morgan fingerprint density at radius 2 is 1.83 bits per heavy atom. The van der Waals surface area contributed by atoms with Crippen LogP contribution in [0.3, 0.4) is 0 Å². The van der Waals surface area contributed by atoms with Crippen LogP contribution in [0.2, 0.25) is 0 Å². The molecule has 0 saturated carbocycles. The fourth-order valence-electron chi connectivity index (χ4n) is 3.47. The van der Waals surface area contributed by atoms with Crippen molar-refractivity contribution in [3.63, 3.8) is 0 Å². The summed E-state index contributed by atoms with van der Waals surface area (Å²) in [4.78, 5) is 12.6. The van der Waals surface area contributed by atoms with Crippen LogP contribution < -0.4 is 5.32 Å². The summed E-state index contributed by atoms with van der Waals surface area (Å²) in [5, 5.41) is 11.4. The molecule has 3 aromatic rings. The molecule has 1 aromatic carbocycles. The van der Waals surface area contributed by atoms with Gasteiger partial charge < -0.3 is 5.32 Å². The van der Waals surface area contributed by atoms with E-state index in [4.69, 9.17) is 0 Å². The molecule has 1 fully saturated rings. The SMILES string of the molecule is O=C(NCCn1ccc(-c2ccsc2)n1)c1ccc(S(=O)(=O)N2CCCCC2)cc1. The lowest BCUT2D eigenvalue weighted by molar-refractivity contribution is 0.0952. The Labute approximate surface area is 180 Å². The number of sulfonamides is 1. The highest BCUT2D eigenvalue weighted by molar-refractivity contribution is 7.89. The highest BCUT2D eigenvalue weighted by atomic mass is 32.2. The molecule has 0 unspecified atom stereocenters. The fraction of sp³-hybridized carbons (Fsp3) is 0.333. The van der Waals surface area contributed by atoms with E-state index >= 15 is 0 Å². The smallest absolute Gasteiger partial charge is 0.251 e. The Balaban J connectivity index is 1.32. The zero-order valence-electron chi connectivity index (χ0n) is 16.5. The molecule has 1 amide bonds. The van der Waals surface area contributed by atoms with Crippen molar-refractivity contribution in [2.24, 2.45) is 0 Å². The number of aromatic nitrogens is 2. The molecule has 1 saturated heterocycles. The maximum Gasteiger partial charge on any atom is 0.251 e. The molecule has 3 heterocycles. The number of nitrogens with one attached hydrogen (secondary N) is 1. The normalized spacial score (nSPS) is 15.2. The Morgan fingerprint density at radius 3 is 2.53 bits per heavy atom. The second-order valence-electron chi connectivity index (χ2n) is 7.22. The van der Waals surface area contributed by atoms with E-state index in [0.717, 1.165) is 30.5 Å². The van der Waals surface area contributed by atoms with Crippen LogP contribution in [-0.4, -0.2) is 48.0 Å². The summed E-state index contributed by atoms with van der Waals surface area (Å²) in [6.07, 6.45) is 4.74. The van der Waals surface area contributed by atoms with Crippen LogP contribution in [0.1, 0.15) is 29.6 Å². The highest BCUT2D eigenvalue weighted by Gasteiger charge is 2.25. The van der Waals surface area contributed by atoms with Gasteiger partial charge in [0.05, 0.1) is 17.1 Å². The first-order valence-electron chi connectivity index (χ1n) is 9.98. The van der Waals surface area contributed by atoms with Crippen LogP contribution in [0.5, 0.6) is 0 Å². The average molecular weight is 445 g/mol. The Kier molecular flexibility index (Phi) is 6.31. The van der Waals surface area contributed by atoms with Gasteiger partial charge in [0.1, 0.15) is 0 Å². The fourth-order valence-corrected chi connectivity index (χ4v) is 5.64. The van der Waals surface area contributed by atoms with E-state index in [-0.39, 0.29) is 10.8 Å². The Hall–Kier alpha value is -2.49. The molecule has 0 spiro atoms. The Morgan fingerprint density at radius 1 is 1.07 bits per heavy atom. The lowest BCUT2D eigenvalue weighted by Crippen LogP contribution is -2.35. The summed E-state index contributed by atoms with van der Waals surface area (Å²) in [6.45, 7) is 2.10. The van der Waals surface area contributed by atoms with Crippen LogP contribution in [0.4, 0.5) is 0 Å². The van der Waals surface area contributed by atoms with E-state index in [0.29, 0.717) is 31.7 Å². The van der Waals surface area contributed by atoms with E-state index in [1.807, 2.05) is 29.1 Å². The average Bonchev–Trinajstić information content (AvgIpc) is 3.46. The number of carbonyl (C=O) groups is 1. The maximum atomic E-state index is 12.7. The molecule has 1 aliphatic heterocycles. The molecule has 2 aromatic heterocycles. The molecule has 158 valence electrons. The molecule has 7 nitrogen and oxygen atoms in total. The summed E-state index contributed by atoms with van der Waals surface area (Å²) in [7, 11) is -3.48. The minimum atomic E-state index is -3.48. The third kappa shape index (κ3) is 4.63. The van der Waals surface area contributed by atoms with Crippen LogP contribution in [0, 0.1) is 0 Å². The number of amides is 1. The third-order valence-electron chi connectivity index (χ3n) is 5.15. The van der Waals surface area contributed by atoms with E-state index in [2.05, 4.69) is 10.4 Å². The van der Waals surface area contributed by atoms with Crippen molar-refractivity contribution in [1.82, 2.24) is 19.4 Å². The predicted octanol–water partition coefficient (Wildman–Crippen LogP) is 3.22.